The smallest absolute Gasteiger partial charge is 0.268 e. The number of aromatic nitrogens is 1. The highest BCUT2D eigenvalue weighted by Crippen LogP contribution is 2.36. The van der Waals surface area contributed by atoms with Gasteiger partial charge < -0.3 is 4.72 Å². The zero-order valence-corrected chi connectivity index (χ0v) is 18.7. The third kappa shape index (κ3) is 3.88. The van der Waals surface area contributed by atoms with Gasteiger partial charge >= 0.3 is 0 Å². The van der Waals surface area contributed by atoms with Crippen LogP contribution >= 0.6 is 11.9 Å². The summed E-state index contributed by atoms with van der Waals surface area (Å²) in [7, 11) is 0. The van der Waals surface area contributed by atoms with Gasteiger partial charge in [-0.3, -0.25) is 14.8 Å². The zero-order valence-electron chi connectivity index (χ0n) is 17.8. The summed E-state index contributed by atoms with van der Waals surface area (Å²) in [4.78, 5) is 28.4. The van der Waals surface area contributed by atoms with Crippen LogP contribution in [0.15, 0.2) is 65.8 Å². The molecule has 0 spiro atoms. The average Bonchev–Trinajstić information content (AvgIpc) is 2.99. The number of carbonyl (C=O) groups is 2. The van der Waals surface area contributed by atoms with Gasteiger partial charge in [0.15, 0.2) is 0 Å². The van der Waals surface area contributed by atoms with Crippen LogP contribution in [0.25, 0.3) is 0 Å². The van der Waals surface area contributed by atoms with Gasteiger partial charge in [0.2, 0.25) is 12.4 Å². The lowest BCUT2D eigenvalue weighted by Crippen LogP contribution is -2.34. The van der Waals surface area contributed by atoms with Crippen molar-refractivity contribution in [2.75, 3.05) is 9.62 Å². The molecule has 7 heteroatoms. The summed E-state index contributed by atoms with van der Waals surface area (Å²) in [6, 6.07) is 15.1. The Bertz CT molecular complexity index is 1180. The van der Waals surface area contributed by atoms with Crippen LogP contribution in [0.2, 0.25) is 0 Å². The zero-order chi connectivity index (χ0) is 22.3. The molecule has 0 fully saturated rings. The van der Waals surface area contributed by atoms with E-state index in [4.69, 9.17) is 0 Å². The van der Waals surface area contributed by atoms with E-state index < -0.39 is 11.8 Å². The second-order valence-corrected chi connectivity index (χ2v) is 9.43. The molecule has 0 radical (unpaired) electrons. The van der Waals surface area contributed by atoms with Gasteiger partial charge in [-0.25, -0.2) is 4.90 Å². The number of benzene rings is 2. The van der Waals surface area contributed by atoms with Crippen LogP contribution in [0.5, 0.6) is 0 Å². The molecule has 6 nitrogen and oxygen atoms in total. The molecule has 1 aliphatic heterocycles. The summed E-state index contributed by atoms with van der Waals surface area (Å²) in [5, 5.41) is 9.70. The van der Waals surface area contributed by atoms with Gasteiger partial charge in [0.25, 0.3) is 11.8 Å². The monoisotopic (exact) mass is 434 g/mol. The Kier molecular flexibility index (Phi) is 5.23. The number of amides is 2. The summed E-state index contributed by atoms with van der Waals surface area (Å²) in [5.74, 6) is -0.812. The van der Waals surface area contributed by atoms with Crippen LogP contribution in [0, 0.1) is 6.92 Å². The number of aryl methyl sites for hydroxylation is 1. The van der Waals surface area contributed by atoms with E-state index in [2.05, 4.69) is 37.6 Å². The molecule has 0 saturated heterocycles. The molecule has 2 heterocycles. The third-order valence-electron chi connectivity index (χ3n) is 5.28. The van der Waals surface area contributed by atoms with E-state index in [-0.39, 0.29) is 5.41 Å². The van der Waals surface area contributed by atoms with E-state index in [0.717, 1.165) is 20.1 Å². The van der Waals surface area contributed by atoms with Crippen molar-refractivity contribution in [3.63, 3.8) is 0 Å². The Morgan fingerprint density at radius 1 is 0.968 bits per heavy atom. The molecule has 31 heavy (non-hydrogen) atoms. The van der Waals surface area contributed by atoms with Gasteiger partial charge in [0.1, 0.15) is 5.69 Å². The predicted octanol–water partition coefficient (Wildman–Crippen LogP) is 4.74. The van der Waals surface area contributed by atoms with Crippen LogP contribution in [0.1, 0.15) is 52.6 Å². The summed E-state index contributed by atoms with van der Waals surface area (Å²) in [6.07, 6.45) is 2.75. The molecule has 2 amide bonds. The van der Waals surface area contributed by atoms with Gasteiger partial charge in [-0.15, -0.1) is 0 Å². The maximum atomic E-state index is 13.2. The molecule has 0 unspecified atom stereocenters. The minimum Gasteiger partial charge on any atom is -0.325 e. The van der Waals surface area contributed by atoms with Gasteiger partial charge in [-0.2, -0.15) is 0 Å². The first kappa shape index (κ1) is 20.9. The van der Waals surface area contributed by atoms with Gasteiger partial charge in [-0.1, -0.05) is 39.0 Å². The molecule has 0 atom stereocenters. The Hall–Kier alpha value is -3.32. The third-order valence-corrected chi connectivity index (χ3v) is 6.11. The SMILES string of the molecule is Cc1ccc(NSc2ccc(C(C)(C)C)cc2)c2c1C(=O)N(c1ccc[n+](O)c1)C2=O. The van der Waals surface area contributed by atoms with Crippen molar-refractivity contribution in [3.05, 3.63) is 83.2 Å². The minimum atomic E-state index is -0.416. The highest BCUT2D eigenvalue weighted by molar-refractivity contribution is 8.00. The average molecular weight is 435 g/mol. The predicted molar refractivity (Wildman–Crippen MR) is 121 cm³/mol. The number of nitrogens with zero attached hydrogens (tertiary/aromatic N) is 2. The number of anilines is 2. The maximum absolute atomic E-state index is 13.2. The lowest BCUT2D eigenvalue weighted by Gasteiger charge is -2.19. The van der Waals surface area contributed by atoms with Crippen LogP contribution in [0.3, 0.4) is 0 Å². The Morgan fingerprint density at radius 3 is 2.29 bits per heavy atom. The molecule has 4 rings (SSSR count). The number of hydrogen-bond acceptors (Lipinski definition) is 5. The Morgan fingerprint density at radius 2 is 1.65 bits per heavy atom. The summed E-state index contributed by atoms with van der Waals surface area (Å²) < 4.78 is 4.06. The molecule has 1 aliphatic rings. The first-order valence-electron chi connectivity index (χ1n) is 9.93. The van der Waals surface area contributed by atoms with Crippen molar-refractivity contribution >= 4 is 35.1 Å². The molecular formula is C24H24N3O3S+. The second-order valence-electron chi connectivity index (χ2n) is 8.55. The van der Waals surface area contributed by atoms with E-state index in [1.807, 2.05) is 31.2 Å². The number of rotatable bonds is 4. The van der Waals surface area contributed by atoms with Crippen molar-refractivity contribution in [3.8, 4) is 0 Å². The molecule has 0 saturated carbocycles. The van der Waals surface area contributed by atoms with Crippen molar-refractivity contribution in [2.45, 2.75) is 38.0 Å². The number of imide groups is 1. The number of hydrogen-bond donors (Lipinski definition) is 2. The molecule has 2 N–H and O–H groups in total. The second kappa shape index (κ2) is 7.74. The molecule has 2 aromatic carbocycles. The maximum Gasteiger partial charge on any atom is 0.268 e. The quantitative estimate of drug-likeness (QED) is 0.269. The molecule has 158 valence electrons. The van der Waals surface area contributed by atoms with E-state index in [1.54, 1.807) is 12.1 Å². The van der Waals surface area contributed by atoms with Crippen molar-refractivity contribution in [1.29, 1.82) is 0 Å². The van der Waals surface area contributed by atoms with E-state index in [9.17, 15) is 14.8 Å². The Labute approximate surface area is 185 Å². The summed E-state index contributed by atoms with van der Waals surface area (Å²) >= 11 is 1.39. The molecule has 3 aromatic rings. The number of carbonyl (C=O) groups excluding carboxylic acids is 2. The van der Waals surface area contributed by atoms with E-state index in [0.29, 0.717) is 22.5 Å². The van der Waals surface area contributed by atoms with E-state index >= 15 is 0 Å². The summed E-state index contributed by atoms with van der Waals surface area (Å²) in [5.41, 5.74) is 3.67. The largest absolute Gasteiger partial charge is 0.325 e. The summed E-state index contributed by atoms with van der Waals surface area (Å²) in [6.45, 7) is 8.32. The van der Waals surface area contributed by atoms with E-state index in [1.165, 1.54) is 29.9 Å². The van der Waals surface area contributed by atoms with Crippen molar-refractivity contribution in [2.24, 2.45) is 0 Å². The van der Waals surface area contributed by atoms with Crippen molar-refractivity contribution < 1.29 is 19.5 Å². The molecule has 0 aliphatic carbocycles. The first-order valence-corrected chi connectivity index (χ1v) is 10.7. The number of fused-ring (bicyclic) bond motifs is 1. The molecule has 1 aromatic heterocycles. The highest BCUT2D eigenvalue weighted by Gasteiger charge is 2.40. The fourth-order valence-corrected chi connectivity index (χ4v) is 4.23. The molecular weight excluding hydrogens is 410 g/mol. The first-order chi connectivity index (χ1) is 14.7. The van der Waals surface area contributed by atoms with Gasteiger partial charge in [-0.05, 0) is 59.7 Å². The fraction of sp³-hybridized carbons (Fsp3) is 0.208. The standard InChI is InChI=1S/C24H23N3O3S/c1-15-7-12-19(25-31-18-10-8-16(9-11-18)24(2,3)4)21-20(15)22(28)27(23(21)29)17-6-5-13-26(30)14-17/h5-14H,1-4H3,(H-,25,29,30)/p+1. The molecule has 0 bridgehead atoms. The van der Waals surface area contributed by atoms with Crippen LogP contribution in [-0.4, -0.2) is 17.0 Å². The minimum absolute atomic E-state index is 0.0782. The topological polar surface area (TPSA) is 73.5 Å². The normalized spacial score (nSPS) is 13.5. The lowest BCUT2D eigenvalue weighted by molar-refractivity contribution is -0.904. The Balaban J connectivity index is 1.63. The lowest BCUT2D eigenvalue weighted by atomic mass is 9.87. The van der Waals surface area contributed by atoms with Gasteiger partial charge in [0.05, 0.1) is 16.8 Å². The van der Waals surface area contributed by atoms with Crippen LogP contribution in [0.4, 0.5) is 11.4 Å². The highest BCUT2D eigenvalue weighted by atomic mass is 32.2. The van der Waals surface area contributed by atoms with Crippen LogP contribution in [-0.2, 0) is 5.41 Å². The number of nitrogens with one attached hydrogen (secondary N) is 1. The number of pyridine rings is 1. The van der Waals surface area contributed by atoms with Gasteiger partial charge in [0, 0.05) is 15.7 Å². The van der Waals surface area contributed by atoms with Crippen LogP contribution < -0.4 is 14.4 Å². The van der Waals surface area contributed by atoms with Crippen molar-refractivity contribution in [1.82, 2.24) is 0 Å². The fourth-order valence-electron chi connectivity index (χ4n) is 3.56.